The Morgan fingerprint density at radius 3 is 2.26 bits per heavy atom. The number of anilines is 2. The van der Waals surface area contributed by atoms with Gasteiger partial charge >= 0.3 is 5.97 Å². The van der Waals surface area contributed by atoms with Crippen LogP contribution in [-0.2, 0) is 30.5 Å². The summed E-state index contributed by atoms with van der Waals surface area (Å²) >= 11 is 6.88. The van der Waals surface area contributed by atoms with E-state index in [0.29, 0.717) is 76.5 Å². The van der Waals surface area contributed by atoms with Gasteiger partial charge < -0.3 is 41.5 Å². The molecule has 1 aromatic carbocycles. The molecule has 82 heavy (non-hydrogen) atoms. The van der Waals surface area contributed by atoms with Gasteiger partial charge in [0.05, 0.1) is 41.6 Å². The van der Waals surface area contributed by atoms with E-state index in [-0.39, 0.29) is 58.1 Å². The molecule has 0 saturated heterocycles. The third-order valence-electron chi connectivity index (χ3n) is 12.7. The van der Waals surface area contributed by atoms with E-state index in [4.69, 9.17) is 24.7 Å². The van der Waals surface area contributed by atoms with Crippen LogP contribution in [0.25, 0.3) is 43.4 Å². The van der Waals surface area contributed by atoms with Crippen LogP contribution in [0.1, 0.15) is 115 Å². The van der Waals surface area contributed by atoms with Gasteiger partial charge in [-0.2, -0.15) is 0 Å². The van der Waals surface area contributed by atoms with Crippen molar-refractivity contribution in [3.63, 3.8) is 0 Å². The first-order chi connectivity index (χ1) is 39.3. The van der Waals surface area contributed by atoms with Gasteiger partial charge in [-0.3, -0.25) is 38.9 Å². The number of benzene rings is 1. The topological polar surface area (TPSA) is 332 Å². The minimum Gasteiger partial charge on any atom is -0.481 e. The Labute approximate surface area is 491 Å². The molecule has 3 atom stereocenters. The molecule has 6 amide bonds. The number of aryl methyl sites for hydroxylation is 1. The number of rotatable bonds is 14. The number of aliphatic hydroxyl groups excluding tert-OH is 1. The minimum atomic E-state index is -1.29. The highest BCUT2D eigenvalue weighted by Crippen LogP contribution is 2.40. The van der Waals surface area contributed by atoms with Gasteiger partial charge in [0, 0.05) is 51.7 Å². The molecule has 8 aromatic rings. The first-order valence-corrected chi connectivity index (χ1v) is 30.1. The molecule has 7 aromatic heterocycles. The molecule has 1 aliphatic heterocycles. The lowest BCUT2D eigenvalue weighted by Gasteiger charge is -2.23. The number of carbonyl (C=O) groups excluding carboxylic acids is 6. The second-order valence-electron chi connectivity index (χ2n) is 19.0. The highest BCUT2D eigenvalue weighted by molar-refractivity contribution is 7.16. The van der Waals surface area contributed by atoms with Crippen molar-refractivity contribution in [2.24, 2.45) is 5.41 Å². The van der Waals surface area contributed by atoms with Crippen molar-refractivity contribution in [2.45, 2.75) is 71.2 Å². The fraction of sp³-hybridized carbons (Fsp3) is 0.283. The highest BCUT2D eigenvalue weighted by Gasteiger charge is 2.32. The van der Waals surface area contributed by atoms with Crippen molar-refractivity contribution in [2.75, 3.05) is 31.3 Å². The Morgan fingerprint density at radius 1 is 0.780 bits per heavy atom. The van der Waals surface area contributed by atoms with Crippen LogP contribution < -0.4 is 31.9 Å². The predicted molar refractivity (Wildman–Crippen MR) is 313 cm³/mol. The summed E-state index contributed by atoms with van der Waals surface area (Å²) in [5.41, 5.74) is 1.74. The third kappa shape index (κ3) is 13.5. The molecule has 29 heteroatoms. The quantitative estimate of drug-likeness (QED) is 0.0475. The lowest BCUT2D eigenvalue weighted by atomic mass is 9.87. The van der Waals surface area contributed by atoms with Crippen LogP contribution in [0.5, 0.6) is 0 Å². The van der Waals surface area contributed by atoms with Crippen molar-refractivity contribution in [3.05, 3.63) is 119 Å². The summed E-state index contributed by atoms with van der Waals surface area (Å²) in [5, 5.41) is 46.3. The lowest BCUT2D eigenvalue weighted by Crippen LogP contribution is -2.40. The van der Waals surface area contributed by atoms with Crippen LogP contribution in [0.15, 0.2) is 76.1 Å². The first-order valence-electron chi connectivity index (χ1n) is 24.9. The summed E-state index contributed by atoms with van der Waals surface area (Å²) in [5.74, 6) is -4.28. The fourth-order valence-electron chi connectivity index (χ4n) is 8.15. The van der Waals surface area contributed by atoms with Gasteiger partial charge in [0.15, 0.2) is 5.13 Å². The first kappa shape index (κ1) is 58.7. The highest BCUT2D eigenvalue weighted by atomic mass is 32.1. The van der Waals surface area contributed by atoms with E-state index < -0.39 is 71.6 Å². The molecule has 1 aliphatic rings. The van der Waals surface area contributed by atoms with Crippen molar-refractivity contribution in [1.29, 1.82) is 0 Å². The Morgan fingerprint density at radius 2 is 1.50 bits per heavy atom. The molecule has 0 fully saturated rings. The normalized spacial score (nSPS) is 15.4. The molecular formula is C53H51N13O10S6. The van der Waals surface area contributed by atoms with Gasteiger partial charge in [-0.25, -0.2) is 34.9 Å². The maximum atomic E-state index is 14.2. The molecule has 9 rings (SSSR count). The summed E-state index contributed by atoms with van der Waals surface area (Å²) in [6.45, 7) is 8.23. The molecule has 0 unspecified atom stereocenters. The number of hydrogen-bond donors (Lipinski definition) is 8. The second-order valence-corrected chi connectivity index (χ2v) is 24.8. The smallest absolute Gasteiger partial charge is 0.309 e. The zero-order chi connectivity index (χ0) is 58.4. The van der Waals surface area contributed by atoms with Crippen molar-refractivity contribution >= 4 is 120 Å². The molecule has 8 heterocycles. The summed E-state index contributed by atoms with van der Waals surface area (Å²) in [6.07, 6.45) is -0.447. The van der Waals surface area contributed by atoms with Crippen LogP contribution in [0, 0.1) is 12.3 Å². The van der Waals surface area contributed by atoms with Gasteiger partial charge in [-0.15, -0.1) is 56.7 Å². The van der Waals surface area contributed by atoms with Crippen LogP contribution in [-0.4, -0.2) is 107 Å². The number of fused-ring (bicyclic) bond motifs is 14. The van der Waals surface area contributed by atoms with E-state index in [1.807, 2.05) is 0 Å². The molecule has 0 saturated carbocycles. The number of carboxylic acids is 1. The number of nitrogens with one attached hydrogen (secondary N) is 6. The lowest BCUT2D eigenvalue weighted by molar-refractivity contribution is -0.147. The number of thiazole rings is 6. The number of amides is 6. The fourth-order valence-corrected chi connectivity index (χ4v) is 13.3. The Kier molecular flexibility index (Phi) is 18.3. The molecule has 23 nitrogen and oxygen atoms in total. The number of hydrogen-bond acceptors (Lipinski definition) is 22. The SMILES string of the molecule is C=C(CCCC(C)(C)C(=O)O)C(=O)Nc1csc(-c2ccc3c(n2)-c2csc(n2)-c2csc(n2)[C@H]([C@@H](O)c2ccccc2)NC(=O)CNC(=O)c2nc(sc2COC)NC(=O)c2nc(sc2C)[C@H](CC(=O)NC)NC(=O)c2csc-3n2)n1. The number of aliphatic carboxylic acids is 1. The summed E-state index contributed by atoms with van der Waals surface area (Å²) in [4.78, 5) is 127. The van der Waals surface area contributed by atoms with Crippen molar-refractivity contribution < 1.29 is 48.5 Å². The summed E-state index contributed by atoms with van der Waals surface area (Å²) in [6, 6.07) is 10.1. The number of aliphatic hydroxyl groups is 1. The van der Waals surface area contributed by atoms with Gasteiger partial charge in [0.25, 0.3) is 23.6 Å². The van der Waals surface area contributed by atoms with E-state index in [9.17, 15) is 43.8 Å². The average Bonchev–Trinajstić information content (AvgIpc) is 4.36. The summed E-state index contributed by atoms with van der Waals surface area (Å²) < 4.78 is 5.33. The molecular weight excluding hydrogens is 1170 g/mol. The molecule has 8 N–H and O–H groups in total. The Hall–Kier alpha value is -7.90. The van der Waals surface area contributed by atoms with E-state index >= 15 is 0 Å². The van der Waals surface area contributed by atoms with Crippen LogP contribution in [0.3, 0.4) is 0 Å². The second kappa shape index (κ2) is 25.5. The van der Waals surface area contributed by atoms with E-state index in [2.05, 4.69) is 53.4 Å². The van der Waals surface area contributed by atoms with Crippen LogP contribution in [0.4, 0.5) is 10.9 Å². The molecule has 0 aliphatic carbocycles. The number of methoxy groups -OCH3 is 1. The molecule has 424 valence electrons. The van der Waals surface area contributed by atoms with E-state index in [1.54, 1.807) is 84.8 Å². The van der Waals surface area contributed by atoms with E-state index in [1.165, 1.54) is 48.2 Å². The average molecular weight is 1220 g/mol. The van der Waals surface area contributed by atoms with Crippen LogP contribution >= 0.6 is 68.0 Å². The molecule has 0 radical (unpaired) electrons. The number of carbonyl (C=O) groups is 7. The van der Waals surface area contributed by atoms with Crippen LogP contribution in [0.2, 0.25) is 0 Å². The minimum absolute atomic E-state index is 0.00704. The number of nitrogens with zero attached hydrogens (tertiary/aromatic N) is 7. The predicted octanol–water partition coefficient (Wildman–Crippen LogP) is 8.21. The number of aromatic nitrogens is 7. The van der Waals surface area contributed by atoms with Gasteiger partial charge in [0.1, 0.15) is 77.2 Å². The zero-order valence-corrected chi connectivity index (χ0v) is 49.2. The van der Waals surface area contributed by atoms with Gasteiger partial charge in [-0.1, -0.05) is 48.2 Å². The molecule has 10 bridgehead atoms. The standard InChI is InChI=1S/C53H51N13O10S6/c1-24(11-10-16-53(3,4)51(74)75)42(70)61-34-23-80-47(62-34)28-15-14-27-38(56-28)30-20-78-48(58-30)32-22-79-50(60-32)40(41(69)26-12-8-7-9-13-26)63-36(68)18-55-44(72)39-33(19-76-6)82-52(65-39)66-45(73)37-25(2)81-49(64-37)29(17-35(67)54-5)57-43(71)31-21-77-46(27)59-31/h7-9,12-15,20-23,29,40-41,69H,1,10-11,16-19H2,2-6H3,(H,54,67)(H,55,72)(H,57,71)(H,61,70)(H,63,68)(H,74,75)(H,65,66,73)/t29-,40-,41-/m0/s1. The van der Waals surface area contributed by atoms with E-state index in [0.717, 1.165) is 34.0 Å². The maximum Gasteiger partial charge on any atom is 0.309 e. The van der Waals surface area contributed by atoms with Crippen molar-refractivity contribution in [3.8, 4) is 43.4 Å². The number of ether oxygens (including phenoxy) is 1. The van der Waals surface area contributed by atoms with Gasteiger partial charge in [-0.05, 0) is 57.7 Å². The van der Waals surface area contributed by atoms with Crippen molar-refractivity contribution in [1.82, 2.24) is 56.2 Å². The Balaban J connectivity index is 1.08. The third-order valence-corrected chi connectivity index (χ3v) is 18.2. The van der Waals surface area contributed by atoms with Gasteiger partial charge in [0.2, 0.25) is 11.8 Å². The monoisotopic (exact) mass is 1220 g/mol. The zero-order valence-electron chi connectivity index (χ0n) is 44.3. The number of pyridine rings is 1. The summed E-state index contributed by atoms with van der Waals surface area (Å²) in [7, 11) is 2.88. The number of carboxylic acid groups (broad SMARTS) is 1. The molecule has 0 spiro atoms. The largest absolute Gasteiger partial charge is 0.481 e. The maximum absolute atomic E-state index is 14.2. The Bertz CT molecular complexity index is 3750.